The average Bonchev–Trinajstić information content (AvgIpc) is 2.37. The van der Waals surface area contributed by atoms with Gasteiger partial charge in [-0.25, -0.2) is 8.42 Å². The maximum absolute atomic E-state index is 12.5. The summed E-state index contributed by atoms with van der Waals surface area (Å²) in [7, 11) is -3.35. The molecule has 0 spiro atoms. The van der Waals surface area contributed by atoms with E-state index in [0.717, 1.165) is 25.5 Å². The van der Waals surface area contributed by atoms with E-state index >= 15 is 0 Å². The summed E-state index contributed by atoms with van der Waals surface area (Å²) in [6.45, 7) is 1.36. The predicted molar refractivity (Wildman–Crippen MR) is 71.0 cm³/mol. The van der Waals surface area contributed by atoms with Gasteiger partial charge >= 0.3 is 0 Å². The van der Waals surface area contributed by atoms with Crippen molar-refractivity contribution in [1.29, 1.82) is 0 Å². The molecule has 2 atom stereocenters. The summed E-state index contributed by atoms with van der Waals surface area (Å²) in [5, 5.41) is 9.63. The number of aliphatic hydroxyl groups excluding tert-OH is 1. The Morgan fingerprint density at radius 3 is 2.53 bits per heavy atom. The number of hydrogen-bond acceptors (Lipinski definition) is 4. The lowest BCUT2D eigenvalue weighted by atomic mass is 10.0. The van der Waals surface area contributed by atoms with Crippen LogP contribution in [0.3, 0.4) is 0 Å². The van der Waals surface area contributed by atoms with Crippen LogP contribution in [0, 0.1) is 0 Å². The first-order chi connectivity index (χ1) is 8.89. The Morgan fingerprint density at radius 1 is 1.16 bits per heavy atom. The van der Waals surface area contributed by atoms with Gasteiger partial charge in [0.25, 0.3) is 0 Å². The maximum Gasteiger partial charge on any atom is 0.241 e. The molecule has 2 aliphatic heterocycles. The van der Waals surface area contributed by atoms with Crippen LogP contribution in [0.4, 0.5) is 0 Å². The standard InChI is InChI=1S/C12H22N2O4S/c1-19(17,18)14-8-3-2-6-11(14)12(16)13-7-4-5-10(15)9-13/h10-11,15H,2-9H2,1H3/t10-,11?/m0/s1. The number of nitrogens with zero attached hydrogens (tertiary/aromatic N) is 2. The minimum absolute atomic E-state index is 0.149. The van der Waals surface area contributed by atoms with Crippen LogP contribution in [0.25, 0.3) is 0 Å². The quantitative estimate of drug-likeness (QED) is 0.763. The lowest BCUT2D eigenvalue weighted by Crippen LogP contribution is -2.55. The molecule has 0 saturated carbocycles. The van der Waals surface area contributed by atoms with Gasteiger partial charge in [-0.3, -0.25) is 4.79 Å². The number of likely N-dealkylation sites (tertiary alicyclic amines) is 1. The maximum atomic E-state index is 12.5. The topological polar surface area (TPSA) is 77.9 Å². The number of amides is 1. The van der Waals surface area contributed by atoms with Crippen LogP contribution in [0.15, 0.2) is 0 Å². The lowest BCUT2D eigenvalue weighted by Gasteiger charge is -2.38. The fourth-order valence-corrected chi connectivity index (χ4v) is 4.03. The van der Waals surface area contributed by atoms with E-state index in [4.69, 9.17) is 0 Å². The van der Waals surface area contributed by atoms with E-state index in [2.05, 4.69) is 0 Å². The summed E-state index contributed by atoms with van der Waals surface area (Å²) in [5.41, 5.74) is 0. The predicted octanol–water partition coefficient (Wildman–Crippen LogP) is -0.216. The van der Waals surface area contributed by atoms with Crippen molar-refractivity contribution in [3.8, 4) is 0 Å². The first-order valence-electron chi connectivity index (χ1n) is 6.83. The molecule has 0 aliphatic carbocycles. The highest BCUT2D eigenvalue weighted by atomic mass is 32.2. The van der Waals surface area contributed by atoms with Gasteiger partial charge in [-0.15, -0.1) is 0 Å². The van der Waals surface area contributed by atoms with Crippen molar-refractivity contribution in [3.63, 3.8) is 0 Å². The molecule has 0 aromatic heterocycles. The monoisotopic (exact) mass is 290 g/mol. The fourth-order valence-electron chi connectivity index (χ4n) is 2.91. The van der Waals surface area contributed by atoms with Gasteiger partial charge in [0.2, 0.25) is 15.9 Å². The zero-order valence-electron chi connectivity index (χ0n) is 11.3. The van der Waals surface area contributed by atoms with E-state index in [9.17, 15) is 18.3 Å². The zero-order valence-corrected chi connectivity index (χ0v) is 12.1. The van der Waals surface area contributed by atoms with Gasteiger partial charge < -0.3 is 10.0 Å². The minimum Gasteiger partial charge on any atom is -0.391 e. The van der Waals surface area contributed by atoms with Crippen LogP contribution in [0.1, 0.15) is 32.1 Å². The third-order valence-corrected chi connectivity index (χ3v) is 5.16. The Labute approximate surface area is 114 Å². The Hall–Kier alpha value is -0.660. The molecule has 1 N–H and O–H groups in total. The molecule has 6 nitrogen and oxygen atoms in total. The van der Waals surface area contributed by atoms with Gasteiger partial charge in [0.15, 0.2) is 0 Å². The van der Waals surface area contributed by atoms with Crippen molar-refractivity contribution in [1.82, 2.24) is 9.21 Å². The number of β-amino-alcohol motifs (C(OH)–C–C–N with tert-alkyl or cyclic N) is 1. The second kappa shape index (κ2) is 5.76. The molecule has 2 heterocycles. The molecule has 7 heteroatoms. The van der Waals surface area contributed by atoms with Gasteiger partial charge in [-0.2, -0.15) is 4.31 Å². The summed E-state index contributed by atoms with van der Waals surface area (Å²) in [5.74, 6) is -0.149. The summed E-state index contributed by atoms with van der Waals surface area (Å²) < 4.78 is 24.8. The van der Waals surface area contributed by atoms with Crippen molar-refractivity contribution < 1.29 is 18.3 Å². The van der Waals surface area contributed by atoms with Gasteiger partial charge in [0, 0.05) is 19.6 Å². The molecule has 0 bridgehead atoms. The first kappa shape index (κ1) is 14.7. The van der Waals surface area contributed by atoms with E-state index in [1.54, 1.807) is 4.90 Å². The molecular formula is C12H22N2O4S. The van der Waals surface area contributed by atoms with Gasteiger partial charge in [-0.05, 0) is 25.7 Å². The fraction of sp³-hybridized carbons (Fsp3) is 0.917. The lowest BCUT2D eigenvalue weighted by molar-refractivity contribution is -0.139. The molecule has 2 saturated heterocycles. The summed E-state index contributed by atoms with van der Waals surface area (Å²) in [6.07, 6.45) is 4.43. The summed E-state index contributed by atoms with van der Waals surface area (Å²) in [6, 6.07) is -0.575. The molecule has 0 aromatic rings. The van der Waals surface area contributed by atoms with Crippen molar-refractivity contribution in [3.05, 3.63) is 0 Å². The van der Waals surface area contributed by atoms with E-state index in [-0.39, 0.29) is 5.91 Å². The van der Waals surface area contributed by atoms with Crippen molar-refractivity contribution in [2.45, 2.75) is 44.2 Å². The van der Waals surface area contributed by atoms with E-state index < -0.39 is 22.2 Å². The van der Waals surface area contributed by atoms with Crippen LogP contribution in [-0.4, -0.2) is 66.7 Å². The van der Waals surface area contributed by atoms with E-state index in [0.29, 0.717) is 32.5 Å². The number of carbonyl (C=O) groups excluding carboxylic acids is 1. The van der Waals surface area contributed by atoms with Crippen molar-refractivity contribution >= 4 is 15.9 Å². The summed E-state index contributed by atoms with van der Waals surface area (Å²) in [4.78, 5) is 14.1. The number of hydrogen-bond donors (Lipinski definition) is 1. The number of sulfonamides is 1. The summed E-state index contributed by atoms with van der Waals surface area (Å²) >= 11 is 0. The van der Waals surface area contributed by atoms with Crippen LogP contribution in [0.5, 0.6) is 0 Å². The zero-order chi connectivity index (χ0) is 14.0. The second-order valence-corrected chi connectivity index (χ2v) is 7.40. The van der Waals surface area contributed by atoms with E-state index in [1.807, 2.05) is 0 Å². The molecule has 0 aromatic carbocycles. The Bertz CT molecular complexity index is 437. The van der Waals surface area contributed by atoms with Crippen LogP contribution < -0.4 is 0 Å². The number of piperidine rings is 2. The minimum atomic E-state index is -3.35. The first-order valence-corrected chi connectivity index (χ1v) is 8.68. The van der Waals surface area contributed by atoms with E-state index in [1.165, 1.54) is 4.31 Å². The SMILES string of the molecule is CS(=O)(=O)N1CCCCC1C(=O)N1CCC[C@H](O)C1. The largest absolute Gasteiger partial charge is 0.391 e. The molecule has 2 rings (SSSR count). The second-order valence-electron chi connectivity index (χ2n) is 5.47. The average molecular weight is 290 g/mol. The normalized spacial score (nSPS) is 30.3. The highest BCUT2D eigenvalue weighted by Gasteiger charge is 2.37. The number of aliphatic hydroxyl groups is 1. The molecule has 0 radical (unpaired) electrons. The highest BCUT2D eigenvalue weighted by Crippen LogP contribution is 2.23. The number of rotatable bonds is 2. The van der Waals surface area contributed by atoms with Crippen molar-refractivity contribution in [2.75, 3.05) is 25.9 Å². The van der Waals surface area contributed by atoms with Gasteiger partial charge in [-0.1, -0.05) is 6.42 Å². The molecular weight excluding hydrogens is 268 g/mol. The third kappa shape index (κ3) is 3.46. The number of carbonyl (C=O) groups is 1. The van der Waals surface area contributed by atoms with Crippen molar-refractivity contribution in [2.24, 2.45) is 0 Å². The highest BCUT2D eigenvalue weighted by molar-refractivity contribution is 7.88. The molecule has 2 aliphatic rings. The Kier molecular flexibility index (Phi) is 4.47. The third-order valence-electron chi connectivity index (χ3n) is 3.87. The van der Waals surface area contributed by atoms with Crippen LogP contribution in [-0.2, 0) is 14.8 Å². The Balaban J connectivity index is 2.11. The Morgan fingerprint density at radius 2 is 1.89 bits per heavy atom. The van der Waals surface area contributed by atoms with Crippen LogP contribution >= 0.6 is 0 Å². The van der Waals surface area contributed by atoms with Gasteiger partial charge in [0.1, 0.15) is 6.04 Å². The molecule has 110 valence electrons. The van der Waals surface area contributed by atoms with Gasteiger partial charge in [0.05, 0.1) is 12.4 Å². The molecule has 2 fully saturated rings. The molecule has 19 heavy (non-hydrogen) atoms. The smallest absolute Gasteiger partial charge is 0.241 e. The molecule has 1 amide bonds. The molecule has 1 unspecified atom stereocenters. The van der Waals surface area contributed by atoms with Crippen LogP contribution in [0.2, 0.25) is 0 Å².